The molecule has 6 nitrogen and oxygen atoms in total. The van der Waals surface area contributed by atoms with Crippen molar-refractivity contribution >= 4 is 17.6 Å². The predicted octanol–water partition coefficient (Wildman–Crippen LogP) is 1.74. The summed E-state index contributed by atoms with van der Waals surface area (Å²) in [5.74, 6) is 0.610. The van der Waals surface area contributed by atoms with Crippen molar-refractivity contribution in [2.75, 3.05) is 26.0 Å². The lowest BCUT2D eigenvalue weighted by Crippen LogP contribution is -2.56. The van der Waals surface area contributed by atoms with Crippen LogP contribution in [0.4, 0.5) is 10.5 Å². The van der Waals surface area contributed by atoms with Crippen molar-refractivity contribution in [1.82, 2.24) is 9.80 Å². The van der Waals surface area contributed by atoms with Gasteiger partial charge >= 0.3 is 6.03 Å². The third kappa shape index (κ3) is 2.84. The maximum atomic E-state index is 11.8. The number of ether oxygens (including phenoxy) is 1. The molecule has 6 heteroatoms. The molecule has 1 aliphatic heterocycles. The van der Waals surface area contributed by atoms with Gasteiger partial charge in [-0.2, -0.15) is 0 Å². The lowest BCUT2D eigenvalue weighted by Gasteiger charge is -2.37. The highest BCUT2D eigenvalue weighted by Crippen LogP contribution is 2.20. The second-order valence-electron chi connectivity index (χ2n) is 4.67. The molecule has 1 unspecified atom stereocenters. The number of rotatable bonds is 4. The smallest absolute Gasteiger partial charge is 0.327 e. The van der Waals surface area contributed by atoms with E-state index in [1.54, 1.807) is 7.05 Å². The van der Waals surface area contributed by atoms with Crippen molar-refractivity contribution in [3.63, 3.8) is 0 Å². The molecule has 0 aromatic heterocycles. The van der Waals surface area contributed by atoms with Crippen LogP contribution in [0, 0.1) is 0 Å². The third-order valence-electron chi connectivity index (χ3n) is 3.30. The van der Waals surface area contributed by atoms with Crippen LogP contribution >= 0.6 is 0 Å². The molecule has 2 rings (SSSR count). The zero-order valence-electron chi connectivity index (χ0n) is 11.9. The van der Waals surface area contributed by atoms with E-state index in [-0.39, 0.29) is 24.5 Å². The Hall–Kier alpha value is -2.24. The van der Waals surface area contributed by atoms with E-state index in [2.05, 4.69) is 5.32 Å². The van der Waals surface area contributed by atoms with Crippen molar-refractivity contribution in [3.05, 3.63) is 24.3 Å². The van der Waals surface area contributed by atoms with Crippen molar-refractivity contribution in [3.8, 4) is 5.75 Å². The van der Waals surface area contributed by atoms with Gasteiger partial charge in [-0.05, 0) is 31.2 Å². The van der Waals surface area contributed by atoms with Gasteiger partial charge in [-0.1, -0.05) is 0 Å². The van der Waals surface area contributed by atoms with Crippen LogP contribution in [0.3, 0.4) is 0 Å². The molecule has 0 spiro atoms. The zero-order chi connectivity index (χ0) is 14.7. The number of carbonyl (C=O) groups is 2. The quantitative estimate of drug-likeness (QED) is 0.910. The molecular weight excluding hydrogens is 258 g/mol. The Bertz CT molecular complexity index is 501. The van der Waals surface area contributed by atoms with Gasteiger partial charge < -0.3 is 15.0 Å². The van der Waals surface area contributed by atoms with Crippen LogP contribution in [-0.2, 0) is 4.79 Å². The number of nitrogens with one attached hydrogen (secondary N) is 1. The van der Waals surface area contributed by atoms with Gasteiger partial charge in [0, 0.05) is 19.8 Å². The summed E-state index contributed by atoms with van der Waals surface area (Å²) < 4.78 is 5.37. The van der Waals surface area contributed by atoms with Gasteiger partial charge in [0.15, 0.2) is 0 Å². The average Bonchev–Trinajstić information content (AvgIpc) is 2.45. The topological polar surface area (TPSA) is 61.9 Å². The summed E-state index contributed by atoms with van der Waals surface area (Å²) in [4.78, 5) is 26.2. The summed E-state index contributed by atoms with van der Waals surface area (Å²) >= 11 is 0. The zero-order valence-corrected chi connectivity index (χ0v) is 11.9. The number of amides is 3. The van der Waals surface area contributed by atoms with E-state index in [0.29, 0.717) is 6.61 Å². The second-order valence-corrected chi connectivity index (χ2v) is 4.67. The summed E-state index contributed by atoms with van der Waals surface area (Å²) in [6.07, 6.45) is -0.0736. The first-order chi connectivity index (χ1) is 9.52. The standard InChI is InChI=1S/C14H19N3O3/c1-4-20-11-7-5-10(6-8-11)15-12-9-13(18)17(3)14(19)16(12)2/h5-8,12,15H,4,9H2,1-3H3. The molecule has 1 aliphatic rings. The Morgan fingerprint density at radius 1 is 1.25 bits per heavy atom. The molecule has 1 saturated heterocycles. The fourth-order valence-electron chi connectivity index (χ4n) is 2.07. The molecular formula is C14H19N3O3. The summed E-state index contributed by atoms with van der Waals surface area (Å²) in [7, 11) is 3.17. The van der Waals surface area contributed by atoms with E-state index in [9.17, 15) is 9.59 Å². The van der Waals surface area contributed by atoms with Crippen molar-refractivity contribution in [1.29, 1.82) is 0 Å². The Balaban J connectivity index is 2.05. The lowest BCUT2D eigenvalue weighted by molar-refractivity contribution is -0.130. The summed E-state index contributed by atoms with van der Waals surface area (Å²) in [6, 6.07) is 7.14. The van der Waals surface area contributed by atoms with E-state index in [0.717, 1.165) is 16.3 Å². The molecule has 0 bridgehead atoms. The second kappa shape index (κ2) is 5.81. The molecule has 1 atom stereocenters. The fraction of sp³-hybridized carbons (Fsp3) is 0.429. The highest BCUT2D eigenvalue weighted by atomic mass is 16.5. The van der Waals surface area contributed by atoms with Crippen molar-refractivity contribution < 1.29 is 14.3 Å². The Labute approximate surface area is 118 Å². The van der Waals surface area contributed by atoms with Crippen LogP contribution in [0.1, 0.15) is 13.3 Å². The number of imide groups is 1. The highest BCUT2D eigenvalue weighted by molar-refractivity contribution is 5.97. The molecule has 0 saturated carbocycles. The molecule has 3 amide bonds. The van der Waals surface area contributed by atoms with E-state index < -0.39 is 0 Å². The van der Waals surface area contributed by atoms with Gasteiger partial charge in [-0.3, -0.25) is 9.69 Å². The lowest BCUT2D eigenvalue weighted by atomic mass is 10.2. The van der Waals surface area contributed by atoms with Gasteiger partial charge in [0.25, 0.3) is 0 Å². The van der Waals surface area contributed by atoms with Gasteiger partial charge in [0.05, 0.1) is 13.0 Å². The number of hydrogen-bond acceptors (Lipinski definition) is 4. The first kappa shape index (κ1) is 14.2. The Morgan fingerprint density at radius 2 is 1.90 bits per heavy atom. The first-order valence-corrected chi connectivity index (χ1v) is 6.55. The molecule has 0 aliphatic carbocycles. The number of carbonyl (C=O) groups excluding carboxylic acids is 2. The van der Waals surface area contributed by atoms with E-state index >= 15 is 0 Å². The summed E-state index contributed by atoms with van der Waals surface area (Å²) in [6.45, 7) is 2.55. The van der Waals surface area contributed by atoms with Crippen LogP contribution in [0.5, 0.6) is 5.75 Å². The molecule has 108 valence electrons. The highest BCUT2D eigenvalue weighted by Gasteiger charge is 2.34. The van der Waals surface area contributed by atoms with Gasteiger partial charge in [0.2, 0.25) is 5.91 Å². The molecule has 1 N–H and O–H groups in total. The number of urea groups is 1. The van der Waals surface area contributed by atoms with E-state index in [1.807, 2.05) is 31.2 Å². The average molecular weight is 277 g/mol. The van der Waals surface area contributed by atoms with Crippen LogP contribution in [-0.4, -0.2) is 48.6 Å². The van der Waals surface area contributed by atoms with Gasteiger partial charge in [0.1, 0.15) is 11.9 Å². The van der Waals surface area contributed by atoms with Gasteiger partial charge in [-0.25, -0.2) is 4.79 Å². The minimum absolute atomic E-state index is 0.184. The number of hydrogen-bond donors (Lipinski definition) is 1. The molecule has 20 heavy (non-hydrogen) atoms. The van der Waals surface area contributed by atoms with E-state index in [1.165, 1.54) is 11.9 Å². The number of anilines is 1. The summed E-state index contributed by atoms with van der Waals surface area (Å²) in [5, 5.41) is 3.18. The van der Waals surface area contributed by atoms with Crippen LogP contribution in [0.2, 0.25) is 0 Å². The monoisotopic (exact) mass is 277 g/mol. The minimum Gasteiger partial charge on any atom is -0.494 e. The maximum Gasteiger partial charge on any atom is 0.327 e. The molecule has 0 radical (unpaired) electrons. The van der Waals surface area contributed by atoms with Crippen molar-refractivity contribution in [2.24, 2.45) is 0 Å². The fourth-order valence-corrected chi connectivity index (χ4v) is 2.07. The van der Waals surface area contributed by atoms with Crippen LogP contribution < -0.4 is 10.1 Å². The normalized spacial score (nSPS) is 19.2. The van der Waals surface area contributed by atoms with E-state index in [4.69, 9.17) is 4.74 Å². The number of nitrogens with zero attached hydrogens (tertiary/aromatic N) is 2. The SMILES string of the molecule is CCOc1ccc(NC2CC(=O)N(C)C(=O)N2C)cc1. The molecule has 1 fully saturated rings. The number of benzene rings is 1. The molecule has 1 heterocycles. The minimum atomic E-state index is -0.329. The third-order valence-corrected chi connectivity index (χ3v) is 3.30. The van der Waals surface area contributed by atoms with Crippen molar-refractivity contribution in [2.45, 2.75) is 19.5 Å². The maximum absolute atomic E-state index is 11.8. The molecule has 1 aromatic carbocycles. The Morgan fingerprint density at radius 3 is 2.50 bits per heavy atom. The van der Waals surface area contributed by atoms with Gasteiger partial charge in [-0.15, -0.1) is 0 Å². The first-order valence-electron chi connectivity index (χ1n) is 6.55. The summed E-state index contributed by atoms with van der Waals surface area (Å²) in [5.41, 5.74) is 0.843. The largest absolute Gasteiger partial charge is 0.494 e. The molecule has 1 aromatic rings. The Kier molecular flexibility index (Phi) is 4.12. The van der Waals surface area contributed by atoms with Crippen LogP contribution in [0.25, 0.3) is 0 Å². The van der Waals surface area contributed by atoms with Crippen LogP contribution in [0.15, 0.2) is 24.3 Å². The predicted molar refractivity (Wildman–Crippen MR) is 75.6 cm³/mol.